The Morgan fingerprint density at radius 3 is 2.73 bits per heavy atom. The molecule has 0 radical (unpaired) electrons. The smallest absolute Gasteiger partial charge is 0.362 e. The fraction of sp³-hybridized carbons (Fsp3) is 0.714. The highest BCUT2D eigenvalue weighted by molar-refractivity contribution is 6.15. The molecular formula is C7H9NO3. The van der Waals surface area contributed by atoms with Crippen molar-refractivity contribution in [3.8, 4) is 0 Å². The first kappa shape index (κ1) is 6.64. The van der Waals surface area contributed by atoms with Crippen LogP contribution in [0.4, 0.5) is 0 Å². The highest BCUT2D eigenvalue weighted by Gasteiger charge is 2.64. The van der Waals surface area contributed by atoms with Gasteiger partial charge in [-0.1, -0.05) is 0 Å². The Labute approximate surface area is 63.9 Å². The van der Waals surface area contributed by atoms with Crippen LogP contribution in [0.25, 0.3) is 0 Å². The minimum Gasteiger partial charge on any atom is -0.433 e. The number of amides is 1. The van der Waals surface area contributed by atoms with Crippen LogP contribution in [-0.4, -0.2) is 24.0 Å². The molecule has 1 atom stereocenters. The average Bonchev–Trinajstić information content (AvgIpc) is 2.65. The van der Waals surface area contributed by atoms with Crippen molar-refractivity contribution in [3.05, 3.63) is 0 Å². The Kier molecular flexibility index (Phi) is 1.19. The summed E-state index contributed by atoms with van der Waals surface area (Å²) in [6.07, 6.45) is 2.37. The Hall–Kier alpha value is -1.06. The predicted octanol–water partition coefficient (Wildman–Crippen LogP) is -0.418. The van der Waals surface area contributed by atoms with E-state index in [-0.39, 0.29) is 11.9 Å². The molecule has 1 N–H and O–H groups in total. The molecule has 2 rings (SSSR count). The molecule has 0 aromatic rings. The van der Waals surface area contributed by atoms with Gasteiger partial charge in [0.2, 0.25) is 0 Å². The van der Waals surface area contributed by atoms with Crippen LogP contribution in [0.5, 0.6) is 0 Å². The van der Waals surface area contributed by atoms with Gasteiger partial charge in [-0.15, -0.1) is 0 Å². The maximum atomic E-state index is 11.2. The third-order valence-electron chi connectivity index (χ3n) is 2.16. The van der Waals surface area contributed by atoms with Crippen LogP contribution in [0, 0.1) is 0 Å². The van der Waals surface area contributed by atoms with Crippen molar-refractivity contribution in [1.29, 1.82) is 0 Å². The van der Waals surface area contributed by atoms with Crippen molar-refractivity contribution in [3.63, 3.8) is 0 Å². The molecule has 0 aromatic carbocycles. The largest absolute Gasteiger partial charge is 0.433 e. The SMILES string of the molecule is O=C1NCCCCC12OC2=O. The summed E-state index contributed by atoms with van der Waals surface area (Å²) >= 11 is 0. The Morgan fingerprint density at radius 2 is 2.09 bits per heavy atom. The van der Waals surface area contributed by atoms with Crippen molar-refractivity contribution in [2.24, 2.45) is 0 Å². The van der Waals surface area contributed by atoms with Gasteiger partial charge < -0.3 is 10.1 Å². The number of ether oxygens (including phenoxy) is 1. The van der Waals surface area contributed by atoms with Gasteiger partial charge >= 0.3 is 5.97 Å². The van der Waals surface area contributed by atoms with Gasteiger partial charge in [0.25, 0.3) is 11.5 Å². The van der Waals surface area contributed by atoms with Gasteiger partial charge in [0, 0.05) is 13.0 Å². The van der Waals surface area contributed by atoms with Crippen LogP contribution >= 0.6 is 0 Å². The van der Waals surface area contributed by atoms with Crippen molar-refractivity contribution in [2.75, 3.05) is 6.54 Å². The number of carbonyl (C=O) groups is 2. The summed E-state index contributed by atoms with van der Waals surface area (Å²) in [4.78, 5) is 21.9. The lowest BCUT2D eigenvalue weighted by Crippen LogP contribution is -2.36. The van der Waals surface area contributed by atoms with E-state index in [9.17, 15) is 9.59 Å². The van der Waals surface area contributed by atoms with Crippen LogP contribution in [0.3, 0.4) is 0 Å². The molecule has 4 nitrogen and oxygen atoms in total. The number of rotatable bonds is 0. The van der Waals surface area contributed by atoms with E-state index in [1.807, 2.05) is 0 Å². The molecule has 60 valence electrons. The van der Waals surface area contributed by atoms with Gasteiger partial charge in [-0.25, -0.2) is 4.79 Å². The lowest BCUT2D eigenvalue weighted by Gasteiger charge is -2.00. The third kappa shape index (κ3) is 0.818. The molecule has 0 aliphatic carbocycles. The van der Waals surface area contributed by atoms with E-state index in [0.29, 0.717) is 13.0 Å². The molecule has 11 heavy (non-hydrogen) atoms. The summed E-state index contributed by atoms with van der Waals surface area (Å²) in [5, 5.41) is 2.64. The number of carbonyl (C=O) groups excluding carboxylic acids is 2. The fourth-order valence-electron chi connectivity index (χ4n) is 1.38. The fourth-order valence-corrected chi connectivity index (χ4v) is 1.38. The molecule has 1 spiro atoms. The Balaban J connectivity index is 2.18. The van der Waals surface area contributed by atoms with Gasteiger partial charge in [-0.2, -0.15) is 0 Å². The van der Waals surface area contributed by atoms with E-state index in [2.05, 4.69) is 10.1 Å². The zero-order chi connectivity index (χ0) is 7.90. The quantitative estimate of drug-likeness (QED) is 0.382. The van der Waals surface area contributed by atoms with E-state index >= 15 is 0 Å². The van der Waals surface area contributed by atoms with Crippen molar-refractivity contribution < 1.29 is 14.3 Å². The summed E-state index contributed by atoms with van der Waals surface area (Å²) < 4.78 is 4.69. The highest BCUT2D eigenvalue weighted by atomic mass is 16.7. The standard InChI is InChI=1S/C7H9NO3/c9-5-7(6(10)11-7)3-1-2-4-8-5/h1-4H2,(H,8,9). The van der Waals surface area contributed by atoms with Crippen LogP contribution in [-0.2, 0) is 14.3 Å². The van der Waals surface area contributed by atoms with E-state index in [0.717, 1.165) is 12.8 Å². The Morgan fingerprint density at radius 1 is 1.36 bits per heavy atom. The van der Waals surface area contributed by atoms with Crippen LogP contribution < -0.4 is 5.32 Å². The normalized spacial score (nSPS) is 36.0. The predicted molar refractivity (Wildman–Crippen MR) is 35.7 cm³/mol. The van der Waals surface area contributed by atoms with Crippen molar-refractivity contribution in [1.82, 2.24) is 5.32 Å². The molecule has 1 unspecified atom stereocenters. The molecule has 2 aliphatic heterocycles. The summed E-state index contributed by atoms with van der Waals surface area (Å²) in [6.45, 7) is 0.664. The summed E-state index contributed by atoms with van der Waals surface area (Å²) in [5.41, 5.74) is -1.06. The van der Waals surface area contributed by atoms with Crippen LogP contribution in [0.1, 0.15) is 19.3 Å². The van der Waals surface area contributed by atoms with Gasteiger partial charge in [0.15, 0.2) is 0 Å². The van der Waals surface area contributed by atoms with Gasteiger partial charge in [-0.3, -0.25) is 4.79 Å². The zero-order valence-corrected chi connectivity index (χ0v) is 6.05. The lowest BCUT2D eigenvalue weighted by atomic mass is 10.0. The molecule has 2 heterocycles. The molecule has 2 aliphatic rings. The Bertz CT molecular complexity index is 226. The summed E-state index contributed by atoms with van der Waals surface area (Å²) in [6, 6.07) is 0. The monoisotopic (exact) mass is 155 g/mol. The molecule has 2 saturated heterocycles. The third-order valence-corrected chi connectivity index (χ3v) is 2.16. The molecule has 0 bridgehead atoms. The van der Waals surface area contributed by atoms with Crippen LogP contribution in [0.15, 0.2) is 0 Å². The maximum absolute atomic E-state index is 11.2. The number of nitrogens with one attached hydrogen (secondary N) is 1. The molecule has 2 fully saturated rings. The summed E-state index contributed by atoms with van der Waals surface area (Å²) in [7, 11) is 0. The van der Waals surface area contributed by atoms with Crippen molar-refractivity contribution >= 4 is 11.9 Å². The van der Waals surface area contributed by atoms with E-state index in [1.54, 1.807) is 0 Å². The second kappa shape index (κ2) is 1.96. The topological polar surface area (TPSA) is 58.7 Å². The summed E-state index contributed by atoms with van der Waals surface area (Å²) in [5.74, 6) is -0.614. The maximum Gasteiger partial charge on any atom is 0.362 e. The second-order valence-electron chi connectivity index (χ2n) is 2.93. The first-order chi connectivity index (χ1) is 5.26. The molecule has 0 aromatic heterocycles. The lowest BCUT2D eigenvalue weighted by molar-refractivity contribution is -0.126. The number of hydrogen-bond donors (Lipinski definition) is 1. The minimum absolute atomic E-state index is 0.250. The molecular weight excluding hydrogens is 146 g/mol. The van der Waals surface area contributed by atoms with Gasteiger partial charge in [-0.05, 0) is 12.8 Å². The first-order valence-corrected chi connectivity index (χ1v) is 3.77. The van der Waals surface area contributed by atoms with E-state index < -0.39 is 5.60 Å². The van der Waals surface area contributed by atoms with Crippen LogP contribution in [0.2, 0.25) is 0 Å². The number of epoxide rings is 1. The highest BCUT2D eigenvalue weighted by Crippen LogP contribution is 2.35. The van der Waals surface area contributed by atoms with E-state index in [4.69, 9.17) is 0 Å². The molecule has 4 heteroatoms. The second-order valence-corrected chi connectivity index (χ2v) is 2.93. The van der Waals surface area contributed by atoms with Gasteiger partial charge in [0.05, 0.1) is 0 Å². The number of hydrogen-bond acceptors (Lipinski definition) is 3. The minimum atomic E-state index is -1.06. The molecule has 0 saturated carbocycles. The first-order valence-electron chi connectivity index (χ1n) is 3.77. The van der Waals surface area contributed by atoms with Gasteiger partial charge in [0.1, 0.15) is 0 Å². The van der Waals surface area contributed by atoms with Crippen molar-refractivity contribution in [2.45, 2.75) is 24.9 Å². The average molecular weight is 155 g/mol. The molecule has 1 amide bonds. The van der Waals surface area contributed by atoms with E-state index in [1.165, 1.54) is 0 Å². The zero-order valence-electron chi connectivity index (χ0n) is 6.05.